The molecule has 4 nitrogen and oxygen atoms in total. The van der Waals surface area contributed by atoms with E-state index in [9.17, 15) is 0 Å². The Balaban J connectivity index is 3.09. The van der Waals surface area contributed by atoms with Gasteiger partial charge in [-0.2, -0.15) is 5.53 Å². The van der Waals surface area contributed by atoms with Crippen molar-refractivity contribution in [1.29, 1.82) is 5.53 Å². The minimum Gasteiger partial charge on any atom is -0.386 e. The second kappa shape index (κ2) is 17.2. The average Bonchev–Trinajstić information content (AvgIpc) is 2.51. The Morgan fingerprint density at radius 2 is 1.09 bits per heavy atom. The van der Waals surface area contributed by atoms with Crippen molar-refractivity contribution in [3.05, 3.63) is 12.2 Å². The van der Waals surface area contributed by atoms with Gasteiger partial charge in [0.15, 0.2) is 0 Å². The normalized spacial score (nSPS) is 11.6. The summed E-state index contributed by atoms with van der Waals surface area (Å²) in [6.07, 6.45) is 19.3. The number of rotatable bonds is 17. The molecule has 0 atom stereocenters. The van der Waals surface area contributed by atoms with Crippen LogP contribution in [0.15, 0.2) is 22.5 Å². The molecule has 0 radical (unpaired) electrons. The lowest BCUT2D eigenvalue weighted by Gasteiger charge is -2.03. The van der Waals surface area contributed by atoms with Gasteiger partial charge in [0.05, 0.1) is 0 Å². The molecule has 0 aromatic rings. The maximum atomic E-state index is 6.59. The summed E-state index contributed by atoms with van der Waals surface area (Å²) in [5, 5.41) is 6.45. The zero-order valence-electron chi connectivity index (χ0n) is 15.3. The highest BCUT2D eigenvalue weighted by molar-refractivity contribution is 5.79. The van der Waals surface area contributed by atoms with E-state index >= 15 is 0 Å². The van der Waals surface area contributed by atoms with Gasteiger partial charge in [0.1, 0.15) is 5.84 Å². The Bertz CT molecular complexity index is 323. The molecule has 0 amide bonds. The molecule has 0 spiro atoms. The van der Waals surface area contributed by atoms with Crippen LogP contribution in [0.3, 0.4) is 0 Å². The third-order valence-corrected chi connectivity index (χ3v) is 4.21. The van der Waals surface area contributed by atoms with Crippen LogP contribution in [-0.2, 0) is 0 Å². The number of nitrogens with two attached hydrogens (primary N) is 1. The maximum Gasteiger partial charge on any atom is 0.124 e. The van der Waals surface area contributed by atoms with E-state index in [0.29, 0.717) is 5.84 Å². The predicted octanol–water partition coefficient (Wildman–Crippen LogP) is 6.72. The molecule has 3 N–H and O–H groups in total. The average molecular weight is 323 g/mol. The van der Waals surface area contributed by atoms with Gasteiger partial charge in [-0.25, -0.2) is 0 Å². The Kier molecular flexibility index (Phi) is 16.3. The summed E-state index contributed by atoms with van der Waals surface area (Å²) in [6.45, 7) is 6.07. The molecule has 0 rings (SSSR count). The minimum absolute atomic E-state index is 0.486. The monoisotopic (exact) mass is 322 g/mol. The molecule has 0 aliphatic carbocycles. The van der Waals surface area contributed by atoms with Crippen LogP contribution in [0.4, 0.5) is 0 Å². The van der Waals surface area contributed by atoms with Crippen molar-refractivity contribution in [2.75, 3.05) is 0 Å². The zero-order chi connectivity index (χ0) is 17.2. The van der Waals surface area contributed by atoms with E-state index < -0.39 is 0 Å². The maximum absolute atomic E-state index is 6.59. The molecule has 0 aliphatic heterocycles. The summed E-state index contributed by atoms with van der Waals surface area (Å²) in [4.78, 5) is 0. The minimum atomic E-state index is 0.486. The van der Waals surface area contributed by atoms with Crippen molar-refractivity contribution >= 4 is 5.84 Å². The van der Waals surface area contributed by atoms with E-state index in [1.807, 2.05) is 0 Å². The van der Waals surface area contributed by atoms with Gasteiger partial charge >= 0.3 is 0 Å². The molecule has 0 fully saturated rings. The van der Waals surface area contributed by atoms with E-state index in [0.717, 1.165) is 12.8 Å². The van der Waals surface area contributed by atoms with E-state index in [1.54, 1.807) is 0 Å². The number of nitrogens with zero attached hydrogens (tertiary/aromatic N) is 2. The van der Waals surface area contributed by atoms with Crippen molar-refractivity contribution in [2.24, 2.45) is 16.1 Å². The lowest BCUT2D eigenvalue weighted by molar-refractivity contribution is 0.537. The summed E-state index contributed by atoms with van der Waals surface area (Å²) >= 11 is 0. The van der Waals surface area contributed by atoms with Gasteiger partial charge in [0.2, 0.25) is 0 Å². The molecule has 0 aromatic carbocycles. The number of unbranched alkanes of at least 4 members (excludes halogenated alkanes) is 12. The van der Waals surface area contributed by atoms with E-state index in [1.165, 1.54) is 89.0 Å². The van der Waals surface area contributed by atoms with Crippen molar-refractivity contribution in [3.63, 3.8) is 0 Å². The largest absolute Gasteiger partial charge is 0.386 e. The molecule has 23 heavy (non-hydrogen) atoms. The number of hydrogen-bond donors (Lipinski definition) is 2. The summed E-state index contributed by atoms with van der Waals surface area (Å²) in [5.74, 6) is 0.486. The van der Waals surface area contributed by atoms with Gasteiger partial charge < -0.3 is 5.73 Å². The van der Waals surface area contributed by atoms with E-state index in [4.69, 9.17) is 11.3 Å². The first kappa shape index (κ1) is 21.8. The Morgan fingerprint density at radius 3 is 1.43 bits per heavy atom. The molecule has 0 unspecified atom stereocenters. The van der Waals surface area contributed by atoms with Crippen molar-refractivity contribution in [2.45, 2.75) is 103 Å². The van der Waals surface area contributed by atoms with Crippen LogP contribution >= 0.6 is 0 Å². The number of allylic oxidation sites excluding steroid dienone is 1. The second-order valence-electron chi connectivity index (χ2n) is 6.74. The molecule has 4 heteroatoms. The van der Waals surface area contributed by atoms with Crippen LogP contribution in [0.1, 0.15) is 103 Å². The second-order valence-corrected chi connectivity index (χ2v) is 6.74. The SMILES string of the molecule is C=C(C)CCCCCCCCCCCCCCCC(N)=NN=N. The van der Waals surface area contributed by atoms with Crippen LogP contribution < -0.4 is 5.73 Å². The fourth-order valence-electron chi connectivity index (χ4n) is 2.79. The van der Waals surface area contributed by atoms with Crippen molar-refractivity contribution in [3.8, 4) is 0 Å². The van der Waals surface area contributed by atoms with Gasteiger partial charge in [0.25, 0.3) is 0 Å². The summed E-state index contributed by atoms with van der Waals surface area (Å²) in [6, 6.07) is 0. The smallest absolute Gasteiger partial charge is 0.124 e. The van der Waals surface area contributed by atoms with Gasteiger partial charge in [-0.1, -0.05) is 81.4 Å². The van der Waals surface area contributed by atoms with E-state index in [2.05, 4.69) is 23.8 Å². The van der Waals surface area contributed by atoms with Crippen LogP contribution in [0.2, 0.25) is 0 Å². The molecule has 0 aliphatic rings. The van der Waals surface area contributed by atoms with Gasteiger partial charge in [-0.3, -0.25) is 0 Å². The zero-order valence-corrected chi connectivity index (χ0v) is 15.3. The highest BCUT2D eigenvalue weighted by atomic mass is 15.3. The molecule has 0 saturated heterocycles. The van der Waals surface area contributed by atoms with Crippen molar-refractivity contribution in [1.82, 2.24) is 0 Å². The first-order valence-electron chi connectivity index (χ1n) is 9.50. The van der Waals surface area contributed by atoms with Gasteiger partial charge in [-0.15, -0.1) is 11.7 Å². The predicted molar refractivity (Wildman–Crippen MR) is 101 cm³/mol. The summed E-state index contributed by atoms with van der Waals surface area (Å²) < 4.78 is 0. The fraction of sp³-hybridized carbons (Fsp3) is 0.842. The summed E-state index contributed by atoms with van der Waals surface area (Å²) in [7, 11) is 0. The number of nitrogens with one attached hydrogen (secondary N) is 1. The molecule has 0 heterocycles. The Hall–Kier alpha value is -1.19. The third-order valence-electron chi connectivity index (χ3n) is 4.21. The first-order valence-corrected chi connectivity index (χ1v) is 9.50. The molecule has 0 aromatic heterocycles. The molecular weight excluding hydrogens is 284 g/mol. The van der Waals surface area contributed by atoms with Crippen LogP contribution in [0, 0.1) is 5.53 Å². The van der Waals surface area contributed by atoms with Crippen LogP contribution in [-0.4, -0.2) is 5.84 Å². The lowest BCUT2D eigenvalue weighted by Crippen LogP contribution is -2.10. The molecule has 0 saturated carbocycles. The molecular formula is C19H38N4. The van der Waals surface area contributed by atoms with Crippen molar-refractivity contribution < 1.29 is 0 Å². The number of amidine groups is 1. The van der Waals surface area contributed by atoms with Gasteiger partial charge in [0, 0.05) is 6.42 Å². The molecule has 0 bridgehead atoms. The highest BCUT2D eigenvalue weighted by Crippen LogP contribution is 2.14. The highest BCUT2D eigenvalue weighted by Gasteiger charge is 1.96. The van der Waals surface area contributed by atoms with Crippen LogP contribution in [0.25, 0.3) is 0 Å². The Morgan fingerprint density at radius 1 is 0.739 bits per heavy atom. The topological polar surface area (TPSA) is 74.6 Å². The number of hydrogen-bond acceptors (Lipinski definition) is 2. The third kappa shape index (κ3) is 18.8. The van der Waals surface area contributed by atoms with Crippen LogP contribution in [0.5, 0.6) is 0 Å². The standard InChI is InChI=1S/C19H38N4/c1-18(2)16-14-12-10-8-6-4-3-5-7-9-11-13-15-17-19(20)22-23-21/h1,3-17H2,2H3,(H3,20,21,22). The molecule has 134 valence electrons. The lowest BCUT2D eigenvalue weighted by atomic mass is 10.0. The summed E-state index contributed by atoms with van der Waals surface area (Å²) in [5.41, 5.74) is 13.5. The van der Waals surface area contributed by atoms with Gasteiger partial charge in [-0.05, 0) is 26.2 Å². The fourth-order valence-corrected chi connectivity index (χ4v) is 2.79. The quantitative estimate of drug-likeness (QED) is 0.0765. The van der Waals surface area contributed by atoms with E-state index in [-0.39, 0.29) is 0 Å². The Labute approximate surface area is 143 Å². The first-order chi connectivity index (χ1) is 11.2.